The number of nitrogens with zero attached hydrogens (tertiary/aromatic N) is 3. The van der Waals surface area contributed by atoms with Crippen molar-refractivity contribution >= 4 is 41.9 Å². The van der Waals surface area contributed by atoms with Crippen molar-refractivity contribution in [3.05, 3.63) is 35.4 Å². The minimum atomic E-state index is -0.341. The number of rotatable bonds is 7. The molecule has 0 atom stereocenters. The van der Waals surface area contributed by atoms with Crippen molar-refractivity contribution in [2.24, 2.45) is 4.99 Å². The van der Waals surface area contributed by atoms with Crippen LogP contribution in [0.4, 0.5) is 4.79 Å². The second-order valence-corrected chi connectivity index (χ2v) is 6.71. The Hall–Kier alpha value is -1.92. The number of carbonyl (C=O) groups excluding carboxylic acids is 2. The summed E-state index contributed by atoms with van der Waals surface area (Å²) in [5.41, 5.74) is 2.50. The SMILES string of the molecule is CN=C(NCCN1C(=O)CNC1=O)NCc1ccccc1CN1CCOCC1.I. The number of imide groups is 1. The summed E-state index contributed by atoms with van der Waals surface area (Å²) in [6, 6.07) is 8.02. The van der Waals surface area contributed by atoms with Crippen LogP contribution in [0.2, 0.25) is 0 Å². The Labute approximate surface area is 188 Å². The van der Waals surface area contributed by atoms with Gasteiger partial charge in [-0.1, -0.05) is 24.3 Å². The summed E-state index contributed by atoms with van der Waals surface area (Å²) in [6.07, 6.45) is 0. The molecule has 0 aliphatic carbocycles. The number of benzene rings is 1. The van der Waals surface area contributed by atoms with Crippen molar-refractivity contribution < 1.29 is 14.3 Å². The van der Waals surface area contributed by atoms with Gasteiger partial charge in [-0.3, -0.25) is 19.6 Å². The summed E-state index contributed by atoms with van der Waals surface area (Å²) in [5, 5.41) is 8.96. The Balaban J connectivity index is 0.00000300. The molecule has 3 rings (SSSR count). The molecule has 10 heteroatoms. The largest absolute Gasteiger partial charge is 0.379 e. The fraction of sp³-hybridized carbons (Fsp3) is 0.526. The molecule has 1 aromatic carbocycles. The summed E-state index contributed by atoms with van der Waals surface area (Å²) >= 11 is 0. The van der Waals surface area contributed by atoms with Gasteiger partial charge in [0.2, 0.25) is 5.91 Å². The normalized spacial score (nSPS) is 17.7. The summed E-state index contributed by atoms with van der Waals surface area (Å²) in [5.74, 6) is 0.431. The zero-order valence-corrected chi connectivity index (χ0v) is 19.0. The number of nitrogens with one attached hydrogen (secondary N) is 3. The van der Waals surface area contributed by atoms with Crippen LogP contribution in [0.3, 0.4) is 0 Å². The molecule has 0 spiro atoms. The summed E-state index contributed by atoms with van der Waals surface area (Å²) in [6.45, 7) is 5.84. The van der Waals surface area contributed by atoms with Crippen molar-refractivity contribution in [1.29, 1.82) is 0 Å². The van der Waals surface area contributed by atoms with Gasteiger partial charge in [-0.25, -0.2) is 4.79 Å². The van der Waals surface area contributed by atoms with Crippen LogP contribution < -0.4 is 16.0 Å². The predicted molar refractivity (Wildman–Crippen MR) is 121 cm³/mol. The number of urea groups is 1. The molecule has 0 saturated carbocycles. The minimum Gasteiger partial charge on any atom is -0.379 e. The molecule has 1 aromatic rings. The number of morpholine rings is 1. The van der Waals surface area contributed by atoms with Crippen LogP contribution in [0.15, 0.2) is 29.3 Å². The van der Waals surface area contributed by atoms with E-state index in [1.807, 2.05) is 6.07 Å². The first kappa shape index (κ1) is 23.4. The first-order valence-corrected chi connectivity index (χ1v) is 9.57. The van der Waals surface area contributed by atoms with Gasteiger partial charge in [-0.15, -0.1) is 24.0 Å². The predicted octanol–water partition coefficient (Wildman–Crippen LogP) is 0.354. The molecule has 0 unspecified atom stereocenters. The van der Waals surface area contributed by atoms with Gasteiger partial charge >= 0.3 is 6.03 Å². The van der Waals surface area contributed by atoms with Gasteiger partial charge in [0, 0.05) is 46.3 Å². The number of amides is 3. The topological polar surface area (TPSA) is 98.3 Å². The molecule has 2 fully saturated rings. The Bertz CT molecular complexity index is 708. The van der Waals surface area contributed by atoms with Crippen molar-refractivity contribution in [2.75, 3.05) is 53.0 Å². The van der Waals surface area contributed by atoms with E-state index in [1.165, 1.54) is 16.0 Å². The average molecular weight is 516 g/mol. The van der Waals surface area contributed by atoms with E-state index in [0.717, 1.165) is 32.8 Å². The Morgan fingerprint density at radius 3 is 2.55 bits per heavy atom. The van der Waals surface area contributed by atoms with Gasteiger partial charge in [0.1, 0.15) is 0 Å². The highest BCUT2D eigenvalue weighted by Gasteiger charge is 2.27. The molecule has 29 heavy (non-hydrogen) atoms. The first-order chi connectivity index (χ1) is 13.7. The number of hydrogen-bond donors (Lipinski definition) is 3. The van der Waals surface area contributed by atoms with Crippen LogP contribution in [0.5, 0.6) is 0 Å². The lowest BCUT2D eigenvalue weighted by atomic mass is 10.1. The van der Waals surface area contributed by atoms with Crippen LogP contribution in [0.1, 0.15) is 11.1 Å². The van der Waals surface area contributed by atoms with E-state index in [-0.39, 0.29) is 42.5 Å². The zero-order valence-electron chi connectivity index (χ0n) is 16.6. The third-order valence-corrected chi connectivity index (χ3v) is 4.85. The van der Waals surface area contributed by atoms with Gasteiger partial charge in [0.15, 0.2) is 5.96 Å². The second-order valence-electron chi connectivity index (χ2n) is 6.71. The molecule has 2 saturated heterocycles. The number of halogens is 1. The maximum absolute atomic E-state index is 11.6. The highest BCUT2D eigenvalue weighted by atomic mass is 127. The zero-order chi connectivity index (χ0) is 19.8. The number of ether oxygens (including phenoxy) is 1. The Morgan fingerprint density at radius 1 is 1.17 bits per heavy atom. The molecule has 160 valence electrons. The van der Waals surface area contributed by atoms with E-state index in [9.17, 15) is 9.59 Å². The maximum atomic E-state index is 11.6. The van der Waals surface area contributed by atoms with E-state index in [1.54, 1.807) is 7.05 Å². The quantitative estimate of drug-likeness (QED) is 0.210. The molecule has 0 bridgehead atoms. The number of guanidine groups is 1. The maximum Gasteiger partial charge on any atom is 0.324 e. The highest BCUT2D eigenvalue weighted by Crippen LogP contribution is 2.13. The van der Waals surface area contributed by atoms with Crippen LogP contribution in [-0.2, 0) is 22.6 Å². The molecule has 0 aromatic heterocycles. The molecule has 2 heterocycles. The van der Waals surface area contributed by atoms with E-state index >= 15 is 0 Å². The highest BCUT2D eigenvalue weighted by molar-refractivity contribution is 14.0. The lowest BCUT2D eigenvalue weighted by molar-refractivity contribution is -0.124. The van der Waals surface area contributed by atoms with Crippen LogP contribution in [0.25, 0.3) is 0 Å². The van der Waals surface area contributed by atoms with Gasteiger partial charge in [-0.05, 0) is 11.1 Å². The summed E-state index contributed by atoms with van der Waals surface area (Å²) in [4.78, 5) is 31.0. The van der Waals surface area contributed by atoms with Gasteiger partial charge in [0.05, 0.1) is 19.8 Å². The van der Waals surface area contributed by atoms with Crippen molar-refractivity contribution in [1.82, 2.24) is 25.8 Å². The lowest BCUT2D eigenvalue weighted by Crippen LogP contribution is -2.43. The van der Waals surface area contributed by atoms with Crippen molar-refractivity contribution in [3.63, 3.8) is 0 Å². The van der Waals surface area contributed by atoms with E-state index in [2.05, 4.69) is 44.0 Å². The molecule has 2 aliphatic rings. The molecule has 3 N–H and O–H groups in total. The van der Waals surface area contributed by atoms with Crippen molar-refractivity contribution in [3.8, 4) is 0 Å². The number of aliphatic imine (C=N–C) groups is 1. The fourth-order valence-corrected chi connectivity index (χ4v) is 3.25. The molecular weight excluding hydrogens is 487 g/mol. The third-order valence-electron chi connectivity index (χ3n) is 4.85. The monoisotopic (exact) mass is 516 g/mol. The molecule has 3 amide bonds. The lowest BCUT2D eigenvalue weighted by Gasteiger charge is -2.27. The molecular formula is C19H29IN6O3. The molecule has 9 nitrogen and oxygen atoms in total. The molecule has 2 aliphatic heterocycles. The van der Waals surface area contributed by atoms with Crippen LogP contribution in [-0.4, -0.2) is 80.7 Å². The van der Waals surface area contributed by atoms with Crippen molar-refractivity contribution in [2.45, 2.75) is 13.1 Å². The molecule has 0 radical (unpaired) electrons. The fourth-order valence-electron chi connectivity index (χ4n) is 3.25. The first-order valence-electron chi connectivity index (χ1n) is 9.57. The van der Waals surface area contributed by atoms with Gasteiger partial charge in [0.25, 0.3) is 0 Å². The summed E-state index contributed by atoms with van der Waals surface area (Å²) in [7, 11) is 1.70. The van der Waals surface area contributed by atoms with Crippen LogP contribution >= 0.6 is 24.0 Å². The smallest absolute Gasteiger partial charge is 0.324 e. The van der Waals surface area contributed by atoms with Gasteiger partial charge < -0.3 is 20.7 Å². The van der Waals surface area contributed by atoms with E-state index < -0.39 is 0 Å². The Morgan fingerprint density at radius 2 is 1.90 bits per heavy atom. The van der Waals surface area contributed by atoms with E-state index in [0.29, 0.717) is 25.6 Å². The van der Waals surface area contributed by atoms with Crippen LogP contribution in [0, 0.1) is 0 Å². The minimum absolute atomic E-state index is 0. The van der Waals surface area contributed by atoms with Gasteiger partial charge in [-0.2, -0.15) is 0 Å². The number of hydrogen-bond acceptors (Lipinski definition) is 5. The summed E-state index contributed by atoms with van der Waals surface area (Å²) < 4.78 is 5.42. The average Bonchev–Trinajstić information content (AvgIpc) is 3.04. The number of carbonyl (C=O) groups is 2. The van der Waals surface area contributed by atoms with E-state index in [4.69, 9.17) is 4.74 Å². The Kier molecular flexibility index (Phi) is 9.61. The standard InChI is InChI=1S/C19H28N6O3.HI/c1-20-18(21-6-7-25-17(26)13-23-19(25)27)22-12-15-4-2-3-5-16(15)14-24-8-10-28-11-9-24;/h2-5H,6-14H2,1H3,(H,23,27)(H2,20,21,22);1H. The third kappa shape index (κ3) is 6.82. The second kappa shape index (κ2) is 11.9.